The number of hydrogen-bond acceptors (Lipinski definition) is 5. The lowest BCUT2D eigenvalue weighted by molar-refractivity contribution is 0.112. The van der Waals surface area contributed by atoms with Crippen LogP contribution in [0.25, 0.3) is 11.3 Å². The van der Waals surface area contributed by atoms with E-state index in [1.54, 1.807) is 36.4 Å². The Morgan fingerprint density at radius 3 is 2.29 bits per heavy atom. The fraction of sp³-hybridized carbons (Fsp3) is 0.267. The average Bonchev–Trinajstić information content (AvgIpc) is 3.32. The molecule has 0 spiro atoms. The minimum Gasteiger partial charge on any atom is -0.489 e. The number of nitrogens with two attached hydrogens (primary N) is 1. The lowest BCUT2D eigenvalue weighted by Crippen LogP contribution is -2.34. The molecular weight excluding hydrogens is 543 g/mol. The van der Waals surface area contributed by atoms with Crippen LogP contribution < -0.4 is 10.5 Å². The Balaban J connectivity index is 1.57. The van der Waals surface area contributed by atoms with Crippen molar-refractivity contribution in [3.05, 3.63) is 104 Å². The van der Waals surface area contributed by atoms with Crippen molar-refractivity contribution in [2.75, 3.05) is 6.54 Å². The molecule has 1 aromatic heterocycles. The molecular formula is C30H29Cl3N2O3. The maximum absolute atomic E-state index is 11.0. The number of halogens is 3. The first-order valence-electron chi connectivity index (χ1n) is 12.3. The van der Waals surface area contributed by atoms with Crippen LogP contribution >= 0.6 is 34.8 Å². The molecule has 8 heteroatoms. The van der Waals surface area contributed by atoms with Crippen LogP contribution in [0, 0.1) is 0 Å². The summed E-state index contributed by atoms with van der Waals surface area (Å²) >= 11 is 19.6. The zero-order valence-corrected chi connectivity index (χ0v) is 23.7. The Kier molecular flexibility index (Phi) is 8.84. The second-order valence-electron chi connectivity index (χ2n) is 9.85. The van der Waals surface area contributed by atoms with Gasteiger partial charge in [-0.3, -0.25) is 4.79 Å². The predicted molar refractivity (Wildman–Crippen MR) is 154 cm³/mol. The summed E-state index contributed by atoms with van der Waals surface area (Å²) in [6, 6.07) is 18.4. The smallest absolute Gasteiger partial charge is 0.150 e. The van der Waals surface area contributed by atoms with Gasteiger partial charge in [0.1, 0.15) is 30.1 Å². The van der Waals surface area contributed by atoms with Crippen LogP contribution in [0.3, 0.4) is 0 Å². The summed E-state index contributed by atoms with van der Waals surface area (Å²) in [4.78, 5) is 11.0. The normalized spacial score (nSPS) is 12.9. The highest BCUT2D eigenvalue weighted by molar-refractivity contribution is 6.39. The Morgan fingerprint density at radius 2 is 1.71 bits per heavy atom. The van der Waals surface area contributed by atoms with Gasteiger partial charge in [-0.25, -0.2) is 0 Å². The van der Waals surface area contributed by atoms with Crippen molar-refractivity contribution in [3.8, 4) is 17.0 Å². The number of nitrogens with zero attached hydrogens (tertiary/aromatic N) is 1. The standard InChI is InChI=1S/C30H29Cl3N2O3/c1-18(2)29-23(28(35-38-29)27-24(31)5-4-6-25(27)32)16-37-22-12-9-20(26(33)13-22)14-30(3,17-34)21-10-7-19(15-36)8-11-21/h4-13,15,18H,14,16-17,34H2,1-3H3. The number of benzene rings is 3. The summed E-state index contributed by atoms with van der Waals surface area (Å²) in [5.74, 6) is 1.39. The van der Waals surface area contributed by atoms with Gasteiger partial charge < -0.3 is 15.0 Å². The third-order valence-corrected chi connectivity index (χ3v) is 7.71. The van der Waals surface area contributed by atoms with Crippen LogP contribution in [0.15, 0.2) is 65.2 Å². The van der Waals surface area contributed by atoms with Gasteiger partial charge in [0, 0.05) is 34.0 Å². The molecule has 0 aliphatic rings. The molecule has 0 saturated heterocycles. The molecule has 1 atom stereocenters. The number of hydrogen-bond donors (Lipinski definition) is 1. The zero-order chi connectivity index (χ0) is 27.4. The monoisotopic (exact) mass is 570 g/mol. The van der Waals surface area contributed by atoms with E-state index in [4.69, 9.17) is 49.8 Å². The van der Waals surface area contributed by atoms with E-state index in [1.165, 1.54) is 0 Å². The molecule has 0 aliphatic heterocycles. The first-order chi connectivity index (χ1) is 18.2. The molecule has 0 amide bonds. The fourth-order valence-electron chi connectivity index (χ4n) is 4.43. The Morgan fingerprint density at radius 1 is 1.03 bits per heavy atom. The summed E-state index contributed by atoms with van der Waals surface area (Å²) in [6.45, 7) is 6.75. The van der Waals surface area contributed by atoms with Crippen molar-refractivity contribution in [2.45, 2.75) is 45.1 Å². The van der Waals surface area contributed by atoms with Gasteiger partial charge in [-0.1, -0.05) is 97.1 Å². The molecule has 4 aromatic rings. The SMILES string of the molecule is CC(C)c1onc(-c2c(Cl)cccc2Cl)c1COc1ccc(CC(C)(CN)c2ccc(C=O)cc2)c(Cl)c1. The summed E-state index contributed by atoms with van der Waals surface area (Å²) in [7, 11) is 0. The number of aromatic nitrogens is 1. The molecule has 38 heavy (non-hydrogen) atoms. The molecule has 1 unspecified atom stereocenters. The van der Waals surface area contributed by atoms with E-state index in [9.17, 15) is 4.79 Å². The predicted octanol–water partition coefficient (Wildman–Crippen LogP) is 8.28. The van der Waals surface area contributed by atoms with Crippen molar-refractivity contribution in [1.29, 1.82) is 0 Å². The van der Waals surface area contributed by atoms with Crippen LogP contribution in [0.4, 0.5) is 0 Å². The van der Waals surface area contributed by atoms with Crippen LogP contribution in [0.5, 0.6) is 5.75 Å². The van der Waals surface area contributed by atoms with Crippen LogP contribution in [0.1, 0.15) is 59.5 Å². The molecule has 0 saturated carbocycles. The zero-order valence-electron chi connectivity index (χ0n) is 21.4. The summed E-state index contributed by atoms with van der Waals surface area (Å²) < 4.78 is 11.8. The minimum absolute atomic E-state index is 0.0802. The summed E-state index contributed by atoms with van der Waals surface area (Å²) in [5.41, 5.74) is 10.4. The molecule has 5 nitrogen and oxygen atoms in total. The van der Waals surface area contributed by atoms with Crippen molar-refractivity contribution < 1.29 is 14.1 Å². The molecule has 198 valence electrons. The molecule has 4 rings (SSSR count). The van der Waals surface area contributed by atoms with Gasteiger partial charge in [0.05, 0.1) is 15.6 Å². The number of aldehydes is 1. The van der Waals surface area contributed by atoms with E-state index < -0.39 is 0 Å². The quantitative estimate of drug-likeness (QED) is 0.194. The van der Waals surface area contributed by atoms with Crippen LogP contribution in [0.2, 0.25) is 15.1 Å². The maximum atomic E-state index is 11.0. The van der Waals surface area contributed by atoms with E-state index in [2.05, 4.69) is 12.1 Å². The number of ether oxygens (including phenoxy) is 1. The lowest BCUT2D eigenvalue weighted by atomic mass is 9.77. The minimum atomic E-state index is -0.356. The van der Waals surface area contributed by atoms with Crippen LogP contribution in [-0.4, -0.2) is 18.0 Å². The molecule has 0 radical (unpaired) electrons. The number of rotatable bonds is 10. The van der Waals surface area contributed by atoms with Gasteiger partial charge in [-0.15, -0.1) is 0 Å². The highest BCUT2D eigenvalue weighted by Gasteiger charge is 2.27. The van der Waals surface area contributed by atoms with E-state index in [1.807, 2.05) is 38.1 Å². The molecule has 3 aromatic carbocycles. The van der Waals surface area contributed by atoms with E-state index >= 15 is 0 Å². The molecule has 1 heterocycles. The van der Waals surface area contributed by atoms with Crippen molar-refractivity contribution >= 4 is 41.1 Å². The third kappa shape index (κ3) is 5.92. The fourth-order valence-corrected chi connectivity index (χ4v) is 5.24. The first-order valence-corrected chi connectivity index (χ1v) is 13.4. The van der Waals surface area contributed by atoms with Gasteiger partial charge in [0.15, 0.2) is 0 Å². The molecule has 0 fully saturated rings. The van der Waals surface area contributed by atoms with Crippen molar-refractivity contribution in [1.82, 2.24) is 5.16 Å². The second-order valence-corrected chi connectivity index (χ2v) is 11.1. The Bertz CT molecular complexity index is 1410. The highest BCUT2D eigenvalue weighted by Crippen LogP contribution is 2.39. The first kappa shape index (κ1) is 28.2. The van der Waals surface area contributed by atoms with Crippen LogP contribution in [-0.2, 0) is 18.4 Å². The van der Waals surface area contributed by atoms with E-state index in [0.717, 1.165) is 23.0 Å². The van der Waals surface area contributed by atoms with Crippen molar-refractivity contribution in [3.63, 3.8) is 0 Å². The summed E-state index contributed by atoms with van der Waals surface area (Å²) in [5, 5.41) is 5.83. The second kappa shape index (κ2) is 11.9. The molecule has 0 bridgehead atoms. The molecule has 0 aliphatic carbocycles. The Hall–Kier alpha value is -2.83. The largest absolute Gasteiger partial charge is 0.489 e. The Labute approximate surface area is 237 Å². The summed E-state index contributed by atoms with van der Waals surface area (Å²) in [6.07, 6.45) is 1.45. The van der Waals surface area contributed by atoms with E-state index in [0.29, 0.717) is 56.4 Å². The number of carbonyl (C=O) groups is 1. The number of carbonyl (C=O) groups excluding carboxylic acids is 1. The van der Waals surface area contributed by atoms with Gasteiger partial charge in [-0.2, -0.15) is 0 Å². The van der Waals surface area contributed by atoms with Gasteiger partial charge in [0.25, 0.3) is 0 Å². The van der Waals surface area contributed by atoms with E-state index in [-0.39, 0.29) is 17.9 Å². The third-order valence-electron chi connectivity index (χ3n) is 6.73. The van der Waals surface area contributed by atoms with Crippen molar-refractivity contribution in [2.24, 2.45) is 5.73 Å². The topological polar surface area (TPSA) is 78.3 Å². The maximum Gasteiger partial charge on any atom is 0.150 e. The average molecular weight is 572 g/mol. The van der Waals surface area contributed by atoms with Gasteiger partial charge in [0.2, 0.25) is 0 Å². The lowest BCUT2D eigenvalue weighted by Gasteiger charge is -2.29. The van der Waals surface area contributed by atoms with Gasteiger partial charge in [-0.05, 0) is 41.8 Å². The van der Waals surface area contributed by atoms with Gasteiger partial charge >= 0.3 is 0 Å². The highest BCUT2D eigenvalue weighted by atomic mass is 35.5. The molecule has 2 N–H and O–H groups in total.